The van der Waals surface area contributed by atoms with Gasteiger partial charge in [0, 0.05) is 12.1 Å². The summed E-state index contributed by atoms with van der Waals surface area (Å²) in [4.78, 5) is 2.46. The highest BCUT2D eigenvalue weighted by atomic mass is 35.5. The first kappa shape index (κ1) is 24.7. The molecule has 146 valence electrons. The Kier molecular flexibility index (Phi) is 14.1. The van der Waals surface area contributed by atoms with Gasteiger partial charge in [0.05, 0.1) is 0 Å². The van der Waals surface area contributed by atoms with E-state index in [2.05, 4.69) is 54.4 Å². The van der Waals surface area contributed by atoms with Gasteiger partial charge < -0.3 is 15.0 Å². The lowest BCUT2D eigenvalue weighted by Crippen LogP contribution is -2.27. The van der Waals surface area contributed by atoms with Crippen molar-refractivity contribution >= 4 is 24.8 Å². The second-order valence-electron chi connectivity index (χ2n) is 5.94. The van der Waals surface area contributed by atoms with E-state index < -0.39 is 0 Å². The lowest BCUT2D eigenvalue weighted by molar-refractivity contribution is 0.295. The molecular weight excluding hydrogens is 367 g/mol. The Morgan fingerprint density at radius 1 is 0.885 bits per heavy atom. The zero-order valence-corrected chi connectivity index (χ0v) is 17.5. The summed E-state index contributed by atoms with van der Waals surface area (Å²) in [6.45, 7) is 10.4. The first-order chi connectivity index (χ1) is 11.8. The van der Waals surface area contributed by atoms with E-state index in [4.69, 9.17) is 4.74 Å². The van der Waals surface area contributed by atoms with Crippen LogP contribution in [0, 0.1) is 0 Å². The largest absolute Gasteiger partial charge is 0.489 e. The van der Waals surface area contributed by atoms with Crippen molar-refractivity contribution in [3.05, 3.63) is 65.7 Å². The Morgan fingerprint density at radius 2 is 1.54 bits per heavy atom. The van der Waals surface area contributed by atoms with Crippen LogP contribution in [0.5, 0.6) is 5.75 Å². The molecule has 0 aliphatic rings. The highest BCUT2D eigenvalue weighted by Crippen LogP contribution is 2.19. The fourth-order valence-electron chi connectivity index (χ4n) is 2.72. The average molecular weight is 399 g/mol. The highest BCUT2D eigenvalue weighted by molar-refractivity contribution is 5.85. The lowest BCUT2D eigenvalue weighted by atomic mass is 10.2. The first-order valence-electron chi connectivity index (χ1n) is 9.01. The minimum Gasteiger partial charge on any atom is -0.489 e. The molecule has 26 heavy (non-hydrogen) atoms. The number of hydrogen-bond acceptors (Lipinski definition) is 3. The first-order valence-corrected chi connectivity index (χ1v) is 9.01. The standard InChI is InChI=1S/C21H30N2O.2ClH/c1-3-23(4-2)16-10-15-22-17-20-13-8-9-14-21(20)24-18-19-11-6-5-7-12-19;;/h5-9,11-14,22H,3-4,10,15-18H2,1-2H3;2*1H. The number of nitrogens with zero attached hydrogens (tertiary/aromatic N) is 1. The van der Waals surface area contributed by atoms with Crippen LogP contribution in [0.15, 0.2) is 54.6 Å². The number of benzene rings is 2. The summed E-state index contributed by atoms with van der Waals surface area (Å²) in [5, 5.41) is 3.54. The van der Waals surface area contributed by atoms with Crippen molar-refractivity contribution < 1.29 is 4.74 Å². The third-order valence-electron chi connectivity index (χ3n) is 4.25. The molecule has 0 spiro atoms. The van der Waals surface area contributed by atoms with E-state index in [9.17, 15) is 0 Å². The SMILES string of the molecule is CCN(CC)CCCNCc1ccccc1OCc1ccccc1.Cl.Cl. The van der Waals surface area contributed by atoms with Gasteiger partial charge >= 0.3 is 0 Å². The molecule has 1 N–H and O–H groups in total. The maximum Gasteiger partial charge on any atom is 0.124 e. The summed E-state index contributed by atoms with van der Waals surface area (Å²) in [6.07, 6.45) is 1.18. The molecule has 0 aromatic heterocycles. The molecule has 0 fully saturated rings. The summed E-state index contributed by atoms with van der Waals surface area (Å²) < 4.78 is 6.01. The van der Waals surface area contributed by atoms with Gasteiger partial charge in [0.15, 0.2) is 0 Å². The van der Waals surface area contributed by atoms with Crippen molar-refractivity contribution in [3.8, 4) is 5.75 Å². The smallest absolute Gasteiger partial charge is 0.124 e. The molecule has 2 aromatic carbocycles. The molecule has 5 heteroatoms. The van der Waals surface area contributed by atoms with Gasteiger partial charge in [-0.3, -0.25) is 0 Å². The monoisotopic (exact) mass is 398 g/mol. The van der Waals surface area contributed by atoms with Crippen LogP contribution in [0.1, 0.15) is 31.4 Å². The van der Waals surface area contributed by atoms with Gasteiger partial charge in [0.1, 0.15) is 12.4 Å². The maximum atomic E-state index is 6.01. The lowest BCUT2D eigenvalue weighted by Gasteiger charge is -2.18. The molecule has 0 aliphatic heterocycles. The van der Waals surface area contributed by atoms with Crippen LogP contribution in [0.4, 0.5) is 0 Å². The van der Waals surface area contributed by atoms with Gasteiger partial charge in [0.25, 0.3) is 0 Å². The highest BCUT2D eigenvalue weighted by Gasteiger charge is 2.04. The number of rotatable bonds is 11. The molecule has 0 bridgehead atoms. The van der Waals surface area contributed by atoms with Crippen molar-refractivity contribution in [1.29, 1.82) is 0 Å². The molecule has 2 aromatic rings. The molecule has 2 rings (SSSR count). The Hall–Kier alpha value is -1.26. The van der Waals surface area contributed by atoms with Crippen molar-refractivity contribution in [1.82, 2.24) is 10.2 Å². The number of nitrogens with one attached hydrogen (secondary N) is 1. The van der Waals surface area contributed by atoms with Crippen LogP contribution in [0.2, 0.25) is 0 Å². The van der Waals surface area contributed by atoms with Gasteiger partial charge in [-0.25, -0.2) is 0 Å². The zero-order chi connectivity index (χ0) is 17.0. The van der Waals surface area contributed by atoms with Crippen molar-refractivity contribution in [2.75, 3.05) is 26.2 Å². The summed E-state index contributed by atoms with van der Waals surface area (Å²) in [5.74, 6) is 0.970. The molecular formula is C21H32Cl2N2O. The molecule has 0 saturated carbocycles. The minimum absolute atomic E-state index is 0. The molecule has 0 amide bonds. The molecule has 0 heterocycles. The Labute approximate surface area is 171 Å². The number of para-hydroxylation sites is 1. The van der Waals surface area contributed by atoms with Crippen LogP contribution in [-0.4, -0.2) is 31.1 Å². The van der Waals surface area contributed by atoms with Crippen molar-refractivity contribution in [2.24, 2.45) is 0 Å². The summed E-state index contributed by atoms with van der Waals surface area (Å²) >= 11 is 0. The predicted molar refractivity (Wildman–Crippen MR) is 116 cm³/mol. The number of ether oxygens (including phenoxy) is 1. The molecule has 0 atom stereocenters. The van der Waals surface area contributed by atoms with E-state index >= 15 is 0 Å². The third-order valence-corrected chi connectivity index (χ3v) is 4.25. The van der Waals surface area contributed by atoms with Crippen LogP contribution >= 0.6 is 24.8 Å². The summed E-state index contributed by atoms with van der Waals surface area (Å²) in [6, 6.07) is 18.6. The molecule has 3 nitrogen and oxygen atoms in total. The molecule has 0 unspecified atom stereocenters. The quantitative estimate of drug-likeness (QED) is 0.542. The van der Waals surface area contributed by atoms with Crippen molar-refractivity contribution in [2.45, 2.75) is 33.4 Å². The molecule has 0 radical (unpaired) electrons. The Bertz CT molecular complexity index is 577. The van der Waals surface area contributed by atoms with E-state index in [1.165, 1.54) is 17.5 Å². The van der Waals surface area contributed by atoms with Crippen LogP contribution < -0.4 is 10.1 Å². The second kappa shape index (κ2) is 14.9. The van der Waals surface area contributed by atoms with Gasteiger partial charge in [-0.15, -0.1) is 24.8 Å². The van der Waals surface area contributed by atoms with Gasteiger partial charge in [-0.05, 0) is 44.2 Å². The normalized spacial score (nSPS) is 10.1. The number of hydrogen-bond donors (Lipinski definition) is 1. The third kappa shape index (κ3) is 8.91. The zero-order valence-electron chi connectivity index (χ0n) is 15.8. The minimum atomic E-state index is 0. The van der Waals surface area contributed by atoms with E-state index in [-0.39, 0.29) is 24.8 Å². The van der Waals surface area contributed by atoms with Crippen molar-refractivity contribution in [3.63, 3.8) is 0 Å². The fourth-order valence-corrected chi connectivity index (χ4v) is 2.72. The van der Waals surface area contributed by atoms with Gasteiger partial charge in [-0.2, -0.15) is 0 Å². The van der Waals surface area contributed by atoms with E-state index in [1.54, 1.807) is 0 Å². The average Bonchev–Trinajstić information content (AvgIpc) is 2.64. The van der Waals surface area contributed by atoms with Crippen LogP contribution in [0.25, 0.3) is 0 Å². The fraction of sp³-hybridized carbons (Fsp3) is 0.429. The maximum absolute atomic E-state index is 6.01. The van der Waals surface area contributed by atoms with E-state index in [0.717, 1.165) is 38.5 Å². The molecule has 0 saturated heterocycles. The van der Waals surface area contributed by atoms with Crippen LogP contribution in [0.3, 0.4) is 0 Å². The Balaban J connectivity index is 0.00000312. The van der Waals surface area contributed by atoms with E-state index in [0.29, 0.717) is 6.61 Å². The topological polar surface area (TPSA) is 24.5 Å². The summed E-state index contributed by atoms with van der Waals surface area (Å²) in [5.41, 5.74) is 2.41. The Morgan fingerprint density at radius 3 is 2.23 bits per heavy atom. The van der Waals surface area contributed by atoms with Gasteiger partial charge in [-0.1, -0.05) is 62.4 Å². The second-order valence-corrected chi connectivity index (χ2v) is 5.94. The summed E-state index contributed by atoms with van der Waals surface area (Å²) in [7, 11) is 0. The number of halogens is 2. The van der Waals surface area contributed by atoms with E-state index in [1.807, 2.05) is 24.3 Å². The molecule has 0 aliphatic carbocycles. The van der Waals surface area contributed by atoms with Crippen LogP contribution in [-0.2, 0) is 13.2 Å². The van der Waals surface area contributed by atoms with Gasteiger partial charge in [0.2, 0.25) is 0 Å². The predicted octanol–water partition coefficient (Wildman–Crippen LogP) is 4.93.